The van der Waals surface area contributed by atoms with E-state index in [0.29, 0.717) is 6.42 Å². The molecule has 1 aliphatic rings. The molecule has 0 spiro atoms. The van der Waals surface area contributed by atoms with Crippen molar-refractivity contribution in [2.24, 2.45) is 10.8 Å². The van der Waals surface area contributed by atoms with Gasteiger partial charge in [-0.25, -0.2) is 0 Å². The van der Waals surface area contributed by atoms with Crippen LogP contribution in [0.3, 0.4) is 0 Å². The van der Waals surface area contributed by atoms with Crippen LogP contribution in [0.5, 0.6) is 0 Å². The lowest BCUT2D eigenvalue weighted by molar-refractivity contribution is -0.153. The number of carbonyl (C=O) groups is 2. The van der Waals surface area contributed by atoms with Crippen LogP contribution < -0.4 is 0 Å². The van der Waals surface area contributed by atoms with E-state index in [0.717, 1.165) is 16.7 Å². The second-order valence-electron chi connectivity index (χ2n) is 11.1. The molecule has 0 saturated carbocycles. The Labute approximate surface area is 208 Å². The molecule has 0 N–H and O–H groups in total. The number of nitrogens with zero attached hydrogens (tertiary/aromatic N) is 1. The highest BCUT2D eigenvalue weighted by Crippen LogP contribution is 2.43. The number of amides is 2. The molecule has 35 heavy (non-hydrogen) atoms. The van der Waals surface area contributed by atoms with E-state index in [4.69, 9.17) is 4.74 Å². The summed E-state index contributed by atoms with van der Waals surface area (Å²) in [4.78, 5) is 28.1. The van der Waals surface area contributed by atoms with E-state index >= 15 is 0 Å². The third-order valence-corrected chi connectivity index (χ3v) is 6.80. The molecule has 0 aliphatic carbocycles. The lowest BCUT2D eigenvalue weighted by Gasteiger charge is -2.38. The Hall–Kier alpha value is -3.24. The molecule has 4 rings (SSSR count). The van der Waals surface area contributed by atoms with Gasteiger partial charge in [-0.15, -0.1) is 0 Å². The second-order valence-corrected chi connectivity index (χ2v) is 11.1. The summed E-state index contributed by atoms with van der Waals surface area (Å²) in [6.45, 7) is 9.63. The first-order chi connectivity index (χ1) is 16.6. The monoisotopic (exact) mass is 469 g/mol. The minimum Gasteiger partial charge on any atom is -0.359 e. The molecular formula is C31H35NO3. The van der Waals surface area contributed by atoms with Crippen molar-refractivity contribution in [1.82, 2.24) is 4.90 Å². The van der Waals surface area contributed by atoms with Crippen molar-refractivity contribution >= 4 is 11.8 Å². The number of carbonyl (C=O) groups excluding carboxylic acids is 2. The maximum Gasteiger partial charge on any atom is 0.235 e. The fraction of sp³-hybridized carbons (Fsp3) is 0.355. The number of hydrogen-bond acceptors (Lipinski definition) is 3. The number of rotatable bonds is 6. The van der Waals surface area contributed by atoms with Crippen LogP contribution in [-0.2, 0) is 19.9 Å². The minimum absolute atomic E-state index is 0.129. The third-order valence-electron chi connectivity index (χ3n) is 6.80. The molecule has 1 fully saturated rings. The molecule has 4 heteroatoms. The van der Waals surface area contributed by atoms with E-state index in [2.05, 4.69) is 36.4 Å². The van der Waals surface area contributed by atoms with Crippen LogP contribution >= 0.6 is 0 Å². The fourth-order valence-corrected chi connectivity index (χ4v) is 5.00. The van der Waals surface area contributed by atoms with E-state index in [1.165, 1.54) is 4.90 Å². The van der Waals surface area contributed by atoms with Gasteiger partial charge in [0.1, 0.15) is 5.60 Å². The Kier molecular flexibility index (Phi) is 6.70. The summed E-state index contributed by atoms with van der Waals surface area (Å²) >= 11 is 0. The standard InChI is InChI=1S/C31H35NO3/c1-29(2,3)27(33)32-26(21-30(4,5)28(32)34)22-35-31(23-15-9-6-10-16-23,24-17-11-7-12-18-24)25-19-13-8-14-20-25/h6-20,26H,21-22H2,1-5H3/t26-/m0/s1. The lowest BCUT2D eigenvalue weighted by Crippen LogP contribution is -2.48. The molecule has 0 aromatic heterocycles. The van der Waals surface area contributed by atoms with Crippen LogP contribution in [0.2, 0.25) is 0 Å². The van der Waals surface area contributed by atoms with Gasteiger partial charge in [-0.1, -0.05) is 126 Å². The lowest BCUT2D eigenvalue weighted by atomic mass is 9.80. The third kappa shape index (κ3) is 4.68. The summed E-state index contributed by atoms with van der Waals surface area (Å²) in [6, 6.07) is 30.1. The van der Waals surface area contributed by atoms with E-state index in [-0.39, 0.29) is 24.5 Å². The highest BCUT2D eigenvalue weighted by atomic mass is 16.5. The Bertz CT molecular complexity index is 1070. The average Bonchev–Trinajstić information content (AvgIpc) is 3.08. The SMILES string of the molecule is CC(C)(C)C(=O)N1C(=O)C(C)(C)C[C@H]1COC(c1ccccc1)(c1ccccc1)c1ccccc1. The number of hydrogen-bond donors (Lipinski definition) is 0. The molecule has 2 amide bonds. The zero-order chi connectivity index (χ0) is 25.3. The molecule has 0 radical (unpaired) electrons. The van der Waals surface area contributed by atoms with Gasteiger partial charge in [-0.2, -0.15) is 0 Å². The van der Waals surface area contributed by atoms with Crippen LogP contribution in [0.4, 0.5) is 0 Å². The number of likely N-dealkylation sites (tertiary alicyclic amines) is 1. The molecule has 182 valence electrons. The highest BCUT2D eigenvalue weighted by Gasteiger charge is 2.51. The summed E-state index contributed by atoms with van der Waals surface area (Å²) in [5.74, 6) is -0.290. The molecule has 4 nitrogen and oxygen atoms in total. The Morgan fingerprint density at radius 2 is 1.23 bits per heavy atom. The summed E-state index contributed by atoms with van der Waals surface area (Å²) in [5.41, 5.74) is 0.808. The predicted octanol–water partition coefficient (Wildman–Crippen LogP) is 6.19. The number of imide groups is 1. The second kappa shape index (κ2) is 9.43. The molecule has 1 saturated heterocycles. The van der Waals surface area contributed by atoms with Gasteiger partial charge in [0, 0.05) is 10.8 Å². The van der Waals surface area contributed by atoms with Crippen molar-refractivity contribution in [2.75, 3.05) is 6.61 Å². The van der Waals surface area contributed by atoms with Gasteiger partial charge in [0.15, 0.2) is 0 Å². The quantitative estimate of drug-likeness (QED) is 0.404. The van der Waals surface area contributed by atoms with Crippen LogP contribution in [0, 0.1) is 10.8 Å². The Morgan fingerprint density at radius 3 is 1.60 bits per heavy atom. The smallest absolute Gasteiger partial charge is 0.235 e. The van der Waals surface area contributed by atoms with Crippen molar-refractivity contribution in [1.29, 1.82) is 0 Å². The van der Waals surface area contributed by atoms with Gasteiger partial charge >= 0.3 is 0 Å². The van der Waals surface area contributed by atoms with Crippen LogP contribution in [0.1, 0.15) is 57.7 Å². The summed E-state index contributed by atoms with van der Waals surface area (Å²) in [7, 11) is 0. The Balaban J connectivity index is 1.81. The summed E-state index contributed by atoms with van der Waals surface area (Å²) < 4.78 is 6.96. The normalized spacial score (nSPS) is 18.0. The van der Waals surface area contributed by atoms with Crippen molar-refractivity contribution in [3.63, 3.8) is 0 Å². The van der Waals surface area contributed by atoms with Gasteiger partial charge in [0.25, 0.3) is 0 Å². The van der Waals surface area contributed by atoms with E-state index in [1.807, 2.05) is 89.2 Å². The first-order valence-corrected chi connectivity index (χ1v) is 12.3. The fourth-order valence-electron chi connectivity index (χ4n) is 5.00. The molecule has 1 atom stereocenters. The maximum atomic E-state index is 13.4. The van der Waals surface area contributed by atoms with Crippen molar-refractivity contribution in [2.45, 2.75) is 52.7 Å². The largest absolute Gasteiger partial charge is 0.359 e. The molecule has 3 aromatic carbocycles. The van der Waals surface area contributed by atoms with Gasteiger partial charge in [-0.3, -0.25) is 14.5 Å². The van der Waals surface area contributed by atoms with E-state index in [1.54, 1.807) is 0 Å². The van der Waals surface area contributed by atoms with Gasteiger partial charge in [0.2, 0.25) is 11.8 Å². The molecule has 1 aliphatic heterocycles. The zero-order valence-electron chi connectivity index (χ0n) is 21.3. The number of ether oxygens (including phenoxy) is 1. The molecule has 0 bridgehead atoms. The van der Waals surface area contributed by atoms with Crippen molar-refractivity contribution in [3.8, 4) is 0 Å². The predicted molar refractivity (Wildman–Crippen MR) is 139 cm³/mol. The summed E-state index contributed by atoms with van der Waals surface area (Å²) in [6.07, 6.45) is 0.558. The molecule has 1 heterocycles. The van der Waals surface area contributed by atoms with E-state index < -0.39 is 16.4 Å². The first kappa shape index (κ1) is 24.9. The number of benzene rings is 3. The Morgan fingerprint density at radius 1 is 0.829 bits per heavy atom. The van der Waals surface area contributed by atoms with Crippen molar-refractivity contribution < 1.29 is 14.3 Å². The van der Waals surface area contributed by atoms with Crippen LogP contribution in [0.15, 0.2) is 91.0 Å². The van der Waals surface area contributed by atoms with Gasteiger partial charge < -0.3 is 4.74 Å². The van der Waals surface area contributed by atoms with Crippen molar-refractivity contribution in [3.05, 3.63) is 108 Å². The topological polar surface area (TPSA) is 46.6 Å². The average molecular weight is 470 g/mol. The first-order valence-electron chi connectivity index (χ1n) is 12.3. The van der Waals surface area contributed by atoms with E-state index in [9.17, 15) is 9.59 Å². The molecule has 3 aromatic rings. The highest BCUT2D eigenvalue weighted by molar-refractivity contribution is 6.01. The van der Waals surface area contributed by atoms with Crippen LogP contribution in [0.25, 0.3) is 0 Å². The molecule has 0 unspecified atom stereocenters. The molecular weight excluding hydrogens is 434 g/mol. The minimum atomic E-state index is -0.893. The summed E-state index contributed by atoms with van der Waals surface area (Å²) in [5, 5.41) is 0. The van der Waals surface area contributed by atoms with Gasteiger partial charge in [-0.05, 0) is 23.1 Å². The zero-order valence-corrected chi connectivity index (χ0v) is 21.3. The maximum absolute atomic E-state index is 13.4. The van der Waals surface area contributed by atoms with Crippen LogP contribution in [-0.4, -0.2) is 29.4 Å². The van der Waals surface area contributed by atoms with Gasteiger partial charge in [0.05, 0.1) is 12.6 Å².